The summed E-state index contributed by atoms with van der Waals surface area (Å²) in [5, 5.41) is 0.729. The molecule has 0 radical (unpaired) electrons. The number of nitrogens with one attached hydrogen (secondary N) is 1. The largest absolute Gasteiger partial charge is 0.306 e. The molecule has 20 heavy (non-hydrogen) atoms. The Morgan fingerprint density at radius 3 is 2.55 bits per heavy atom. The van der Waals surface area contributed by atoms with Crippen molar-refractivity contribution in [3.05, 3.63) is 29.8 Å². The van der Waals surface area contributed by atoms with E-state index in [1.165, 1.54) is 0 Å². The molecule has 6 heteroatoms. The van der Waals surface area contributed by atoms with Crippen molar-refractivity contribution in [2.45, 2.75) is 29.6 Å². The lowest BCUT2D eigenvalue weighted by Gasteiger charge is -2.34. The summed E-state index contributed by atoms with van der Waals surface area (Å²) in [6, 6.07) is 7.02. The maximum Gasteiger partial charge on any atom is 0.240 e. The molecule has 0 saturated carbocycles. The van der Waals surface area contributed by atoms with E-state index in [1.54, 1.807) is 12.1 Å². The van der Waals surface area contributed by atoms with Gasteiger partial charge in [-0.15, -0.1) is 0 Å². The predicted octanol–water partition coefficient (Wildman–Crippen LogP) is 2.20. The van der Waals surface area contributed by atoms with E-state index in [9.17, 15) is 8.42 Å². The third kappa shape index (κ3) is 3.81. The molecule has 1 aromatic carbocycles. The first-order valence-corrected chi connectivity index (χ1v) is 9.38. The highest BCUT2D eigenvalue weighted by molar-refractivity contribution is 9.08. The molecule has 1 aromatic rings. The summed E-state index contributed by atoms with van der Waals surface area (Å²) in [6.07, 6.45) is 0.858. The van der Waals surface area contributed by atoms with Gasteiger partial charge in [-0.1, -0.05) is 35.0 Å². The number of nitrogens with zero attached hydrogens (tertiary/aromatic N) is 1. The number of sulfonamides is 1. The van der Waals surface area contributed by atoms with Crippen LogP contribution in [0, 0.1) is 5.92 Å². The molecule has 0 bridgehead atoms. The molecule has 2 atom stereocenters. The number of hydrogen-bond acceptors (Lipinski definition) is 3. The lowest BCUT2D eigenvalue weighted by atomic mass is 9.95. The Morgan fingerprint density at radius 2 is 2.00 bits per heavy atom. The summed E-state index contributed by atoms with van der Waals surface area (Å²) in [7, 11) is -1.35. The molecular formula is C14H21BrN2O2S. The Bertz CT molecular complexity index is 545. The summed E-state index contributed by atoms with van der Waals surface area (Å²) in [6.45, 7) is 3.95. The lowest BCUT2D eigenvalue weighted by Crippen LogP contribution is -2.48. The van der Waals surface area contributed by atoms with E-state index in [1.807, 2.05) is 12.1 Å². The highest BCUT2D eigenvalue weighted by atomic mass is 79.9. The molecule has 1 heterocycles. The molecule has 1 saturated heterocycles. The van der Waals surface area contributed by atoms with Crippen molar-refractivity contribution in [1.29, 1.82) is 0 Å². The second-order valence-corrected chi connectivity index (χ2v) is 7.81. The first-order valence-electron chi connectivity index (χ1n) is 6.78. The van der Waals surface area contributed by atoms with Crippen LogP contribution in [0.4, 0.5) is 0 Å². The molecule has 0 spiro atoms. The fourth-order valence-electron chi connectivity index (χ4n) is 2.55. The molecular weight excluding hydrogens is 340 g/mol. The van der Waals surface area contributed by atoms with Crippen molar-refractivity contribution in [2.24, 2.45) is 5.92 Å². The molecule has 0 amide bonds. The number of alkyl halides is 1. The second-order valence-electron chi connectivity index (χ2n) is 5.53. The minimum Gasteiger partial charge on any atom is -0.306 e. The smallest absolute Gasteiger partial charge is 0.240 e. The number of likely N-dealkylation sites (tertiary alicyclic amines) is 1. The van der Waals surface area contributed by atoms with E-state index in [0.29, 0.717) is 10.8 Å². The predicted molar refractivity (Wildman–Crippen MR) is 84.5 cm³/mol. The fraction of sp³-hybridized carbons (Fsp3) is 0.571. The maximum absolute atomic E-state index is 12.4. The molecule has 1 aliphatic heterocycles. The summed E-state index contributed by atoms with van der Waals surface area (Å²) in [4.78, 5) is 2.58. The van der Waals surface area contributed by atoms with Gasteiger partial charge in [-0.05, 0) is 43.6 Å². The number of hydrogen-bond donors (Lipinski definition) is 1. The Balaban J connectivity index is 2.10. The van der Waals surface area contributed by atoms with Crippen LogP contribution in [0.2, 0.25) is 0 Å². The molecule has 4 nitrogen and oxygen atoms in total. The zero-order valence-electron chi connectivity index (χ0n) is 11.8. The van der Waals surface area contributed by atoms with Crippen molar-refractivity contribution >= 4 is 26.0 Å². The summed E-state index contributed by atoms with van der Waals surface area (Å²) in [5.41, 5.74) is 1.07. The van der Waals surface area contributed by atoms with Gasteiger partial charge in [-0.25, -0.2) is 13.1 Å². The van der Waals surface area contributed by atoms with E-state index in [2.05, 4.69) is 39.5 Å². The molecule has 112 valence electrons. The van der Waals surface area contributed by atoms with Gasteiger partial charge in [0.1, 0.15) is 0 Å². The zero-order valence-corrected chi connectivity index (χ0v) is 14.2. The summed E-state index contributed by atoms with van der Waals surface area (Å²) in [5.74, 6) is 0.324. The van der Waals surface area contributed by atoms with Gasteiger partial charge in [0.15, 0.2) is 0 Å². The van der Waals surface area contributed by atoms with Crippen LogP contribution in [0.25, 0.3) is 0 Å². The quantitative estimate of drug-likeness (QED) is 0.837. The standard InChI is InChI=1S/C14H21BrN2O2S/c1-11-10-17(2)8-7-14(11)16-20(18,19)13-5-3-12(9-15)4-6-13/h3-6,11,14,16H,7-10H2,1-2H3. The van der Waals surface area contributed by atoms with E-state index in [4.69, 9.17) is 0 Å². The lowest BCUT2D eigenvalue weighted by molar-refractivity contribution is 0.188. The average Bonchev–Trinajstić information content (AvgIpc) is 2.42. The summed E-state index contributed by atoms with van der Waals surface area (Å²) < 4.78 is 27.6. The third-order valence-corrected chi connectivity index (χ3v) is 5.96. The van der Waals surface area contributed by atoms with Crippen molar-refractivity contribution < 1.29 is 8.42 Å². The Morgan fingerprint density at radius 1 is 1.35 bits per heavy atom. The number of benzene rings is 1. The Hall–Kier alpha value is -0.430. The van der Waals surface area contributed by atoms with Gasteiger partial charge in [-0.3, -0.25) is 0 Å². The highest BCUT2D eigenvalue weighted by Crippen LogP contribution is 2.19. The van der Waals surface area contributed by atoms with Crippen LogP contribution in [0.15, 0.2) is 29.2 Å². The van der Waals surface area contributed by atoms with Gasteiger partial charge >= 0.3 is 0 Å². The zero-order chi connectivity index (χ0) is 14.8. The Kier molecular flexibility index (Phi) is 5.23. The van der Waals surface area contributed by atoms with Crippen molar-refractivity contribution in [3.8, 4) is 0 Å². The SMILES string of the molecule is CC1CN(C)CCC1NS(=O)(=O)c1ccc(CBr)cc1. The van der Waals surface area contributed by atoms with Gasteiger partial charge in [0.05, 0.1) is 4.90 Å². The summed E-state index contributed by atoms with van der Waals surface area (Å²) >= 11 is 3.36. The average molecular weight is 361 g/mol. The van der Waals surface area contributed by atoms with Crippen LogP contribution in [-0.4, -0.2) is 39.5 Å². The van der Waals surface area contributed by atoms with Crippen LogP contribution in [0.5, 0.6) is 0 Å². The first kappa shape index (κ1) is 15.9. The first-order chi connectivity index (χ1) is 9.42. The van der Waals surface area contributed by atoms with Gasteiger partial charge < -0.3 is 4.90 Å². The molecule has 0 aliphatic carbocycles. The number of rotatable bonds is 4. The molecule has 1 aliphatic rings. The molecule has 1 N–H and O–H groups in total. The van der Waals surface area contributed by atoms with Crippen molar-refractivity contribution in [1.82, 2.24) is 9.62 Å². The van der Waals surface area contributed by atoms with Crippen LogP contribution in [0.1, 0.15) is 18.9 Å². The number of piperidine rings is 1. The monoisotopic (exact) mass is 360 g/mol. The van der Waals surface area contributed by atoms with E-state index >= 15 is 0 Å². The van der Waals surface area contributed by atoms with E-state index in [-0.39, 0.29) is 6.04 Å². The van der Waals surface area contributed by atoms with Crippen LogP contribution in [0.3, 0.4) is 0 Å². The van der Waals surface area contributed by atoms with Crippen LogP contribution in [-0.2, 0) is 15.4 Å². The number of halogens is 1. The van der Waals surface area contributed by atoms with Gasteiger partial charge in [0, 0.05) is 17.9 Å². The fourth-order valence-corrected chi connectivity index (χ4v) is 4.31. The maximum atomic E-state index is 12.4. The Labute approximate surface area is 129 Å². The minimum atomic E-state index is -3.42. The van der Waals surface area contributed by atoms with Gasteiger partial charge in [0.25, 0.3) is 0 Å². The highest BCUT2D eigenvalue weighted by Gasteiger charge is 2.28. The van der Waals surface area contributed by atoms with E-state index in [0.717, 1.165) is 30.4 Å². The molecule has 0 aromatic heterocycles. The van der Waals surface area contributed by atoms with Crippen LogP contribution >= 0.6 is 15.9 Å². The normalized spacial score (nSPS) is 24.8. The topological polar surface area (TPSA) is 49.4 Å². The van der Waals surface area contributed by atoms with Crippen molar-refractivity contribution in [2.75, 3.05) is 20.1 Å². The molecule has 1 fully saturated rings. The van der Waals surface area contributed by atoms with Crippen molar-refractivity contribution in [3.63, 3.8) is 0 Å². The second kappa shape index (κ2) is 6.56. The van der Waals surface area contributed by atoms with Gasteiger partial charge in [0.2, 0.25) is 10.0 Å². The third-order valence-electron chi connectivity index (χ3n) is 3.80. The minimum absolute atomic E-state index is 0.0204. The van der Waals surface area contributed by atoms with Crippen LogP contribution < -0.4 is 4.72 Å². The molecule has 2 unspecified atom stereocenters. The van der Waals surface area contributed by atoms with E-state index < -0.39 is 10.0 Å². The molecule has 2 rings (SSSR count). The van der Waals surface area contributed by atoms with Gasteiger partial charge in [-0.2, -0.15) is 0 Å².